The lowest BCUT2D eigenvalue weighted by Gasteiger charge is -2.35. The molecular weight excluding hydrogens is 510 g/mol. The van der Waals surface area contributed by atoms with Crippen molar-refractivity contribution < 1.29 is 18.3 Å². The predicted octanol–water partition coefficient (Wildman–Crippen LogP) is 4.43. The monoisotopic (exact) mass is 536 g/mol. The van der Waals surface area contributed by atoms with Crippen LogP contribution in [0.1, 0.15) is 23.1 Å². The number of nitrogen functional groups attached to an aromatic ring is 1. The van der Waals surface area contributed by atoms with E-state index in [2.05, 4.69) is 20.9 Å². The zero-order valence-electron chi connectivity index (χ0n) is 21.3. The fourth-order valence-electron chi connectivity index (χ4n) is 5.76. The van der Waals surface area contributed by atoms with Crippen LogP contribution in [0.5, 0.6) is 0 Å². The topological polar surface area (TPSA) is 101 Å². The van der Waals surface area contributed by atoms with Crippen LogP contribution in [0.3, 0.4) is 0 Å². The SMILES string of the molecule is COCC1(N(C)C)CCN(c2ncc3c4c(c(-c5c(F)ccc6sc(N)c(C#N)c56)c(F)c3n2)COC4)C1. The zero-order chi connectivity index (χ0) is 26.8. The van der Waals surface area contributed by atoms with Gasteiger partial charge in [-0.1, -0.05) is 0 Å². The first-order chi connectivity index (χ1) is 18.3. The summed E-state index contributed by atoms with van der Waals surface area (Å²) in [5, 5.41) is 10.9. The molecule has 0 aliphatic carbocycles. The molecule has 4 aromatic rings. The number of ether oxygens (including phenoxy) is 2. The summed E-state index contributed by atoms with van der Waals surface area (Å²) in [7, 11) is 5.71. The first kappa shape index (κ1) is 24.9. The third-order valence-electron chi connectivity index (χ3n) is 7.86. The quantitative estimate of drug-likeness (QED) is 0.400. The van der Waals surface area contributed by atoms with E-state index in [-0.39, 0.29) is 46.0 Å². The highest BCUT2D eigenvalue weighted by Crippen LogP contribution is 2.46. The Morgan fingerprint density at radius 1 is 1.26 bits per heavy atom. The zero-order valence-corrected chi connectivity index (χ0v) is 22.1. The van der Waals surface area contributed by atoms with Gasteiger partial charge in [-0.05, 0) is 43.8 Å². The molecular formula is C27H26F2N6O2S. The molecule has 4 heterocycles. The van der Waals surface area contributed by atoms with Gasteiger partial charge in [0, 0.05) is 53.0 Å². The molecule has 11 heteroatoms. The van der Waals surface area contributed by atoms with E-state index in [9.17, 15) is 5.26 Å². The van der Waals surface area contributed by atoms with E-state index in [1.54, 1.807) is 19.4 Å². The van der Waals surface area contributed by atoms with Gasteiger partial charge in [0.25, 0.3) is 0 Å². The predicted molar refractivity (Wildman–Crippen MR) is 143 cm³/mol. The van der Waals surface area contributed by atoms with Crippen LogP contribution in [0.15, 0.2) is 18.3 Å². The highest BCUT2D eigenvalue weighted by Gasteiger charge is 2.41. The summed E-state index contributed by atoms with van der Waals surface area (Å²) < 4.78 is 43.9. The summed E-state index contributed by atoms with van der Waals surface area (Å²) in [5.74, 6) is -0.900. The summed E-state index contributed by atoms with van der Waals surface area (Å²) in [4.78, 5) is 13.4. The molecule has 0 radical (unpaired) electrons. The summed E-state index contributed by atoms with van der Waals surface area (Å²) in [6.07, 6.45) is 2.47. The molecule has 2 aliphatic rings. The largest absolute Gasteiger partial charge is 0.389 e. The van der Waals surface area contributed by atoms with Crippen LogP contribution in [0.2, 0.25) is 0 Å². The van der Waals surface area contributed by atoms with Crippen LogP contribution >= 0.6 is 11.3 Å². The van der Waals surface area contributed by atoms with Crippen molar-refractivity contribution in [1.29, 1.82) is 5.26 Å². The number of anilines is 2. The fourth-order valence-corrected chi connectivity index (χ4v) is 6.69. The highest BCUT2D eigenvalue weighted by molar-refractivity contribution is 7.23. The number of benzene rings is 2. The second-order valence-electron chi connectivity index (χ2n) is 10.0. The Balaban J connectivity index is 1.57. The van der Waals surface area contributed by atoms with Crippen molar-refractivity contribution in [3.8, 4) is 17.2 Å². The molecule has 1 fully saturated rings. The average Bonchev–Trinajstić information content (AvgIpc) is 3.63. The summed E-state index contributed by atoms with van der Waals surface area (Å²) in [6.45, 7) is 2.20. The summed E-state index contributed by atoms with van der Waals surface area (Å²) in [6, 6.07) is 4.92. The molecule has 38 heavy (non-hydrogen) atoms. The number of rotatable bonds is 5. The molecule has 2 aromatic carbocycles. The minimum Gasteiger partial charge on any atom is -0.389 e. The Hall–Kier alpha value is -3.43. The van der Waals surface area contributed by atoms with Gasteiger partial charge in [0.05, 0.1) is 30.9 Å². The minimum absolute atomic E-state index is 0.0150. The second-order valence-corrected chi connectivity index (χ2v) is 11.1. The van der Waals surface area contributed by atoms with Crippen LogP contribution in [0.4, 0.5) is 19.7 Å². The Kier molecular flexibility index (Phi) is 5.96. The molecule has 196 valence electrons. The van der Waals surface area contributed by atoms with Gasteiger partial charge in [-0.2, -0.15) is 5.26 Å². The number of methoxy groups -OCH3 is 1. The van der Waals surface area contributed by atoms with Crippen molar-refractivity contribution in [3.05, 3.63) is 46.7 Å². The van der Waals surface area contributed by atoms with Gasteiger partial charge in [-0.25, -0.2) is 18.7 Å². The molecule has 2 aliphatic heterocycles. The van der Waals surface area contributed by atoms with Crippen molar-refractivity contribution >= 4 is 43.3 Å². The number of likely N-dealkylation sites (N-methyl/N-ethyl adjacent to an activating group) is 1. The van der Waals surface area contributed by atoms with Crippen molar-refractivity contribution in [2.75, 3.05) is 51.5 Å². The first-order valence-electron chi connectivity index (χ1n) is 12.2. The van der Waals surface area contributed by atoms with E-state index in [4.69, 9.17) is 15.2 Å². The van der Waals surface area contributed by atoms with E-state index in [0.717, 1.165) is 12.0 Å². The molecule has 2 N–H and O–H groups in total. The van der Waals surface area contributed by atoms with Crippen molar-refractivity contribution in [2.24, 2.45) is 0 Å². The summed E-state index contributed by atoms with van der Waals surface area (Å²) >= 11 is 1.18. The smallest absolute Gasteiger partial charge is 0.226 e. The minimum atomic E-state index is -0.664. The first-order valence-corrected chi connectivity index (χ1v) is 13.0. The number of nitriles is 1. The molecule has 0 bridgehead atoms. The Morgan fingerprint density at radius 2 is 2.05 bits per heavy atom. The Labute approximate surface area is 222 Å². The Bertz CT molecular complexity index is 1650. The molecule has 8 nitrogen and oxygen atoms in total. The van der Waals surface area contributed by atoms with Crippen molar-refractivity contribution in [2.45, 2.75) is 25.2 Å². The van der Waals surface area contributed by atoms with E-state index in [1.807, 2.05) is 19.0 Å². The molecule has 2 aromatic heterocycles. The second kappa shape index (κ2) is 9.10. The summed E-state index contributed by atoms with van der Waals surface area (Å²) in [5.41, 5.74) is 7.45. The number of halogens is 2. The number of aromatic nitrogens is 2. The van der Waals surface area contributed by atoms with Crippen LogP contribution in [-0.4, -0.2) is 61.3 Å². The lowest BCUT2D eigenvalue weighted by Crippen LogP contribution is -2.50. The Morgan fingerprint density at radius 3 is 2.79 bits per heavy atom. The molecule has 1 saturated heterocycles. The van der Waals surface area contributed by atoms with Crippen molar-refractivity contribution in [1.82, 2.24) is 14.9 Å². The van der Waals surface area contributed by atoms with Crippen LogP contribution < -0.4 is 10.6 Å². The van der Waals surface area contributed by atoms with E-state index in [1.165, 1.54) is 17.4 Å². The van der Waals surface area contributed by atoms with Crippen LogP contribution in [0.25, 0.3) is 32.1 Å². The number of hydrogen-bond acceptors (Lipinski definition) is 9. The standard InChI is InChI=1S/C27H26F2N6O2S/c1-34(2)27(13-36-3)6-7-35(12-27)26-32-9-15-16-10-37-11-17(16)21(23(29)24(15)33-26)22-18(28)4-5-19-20(22)14(8-30)25(31)38-19/h4-5,9H,6-7,10-13,31H2,1-3H3. The molecule has 0 spiro atoms. The van der Waals surface area contributed by atoms with Gasteiger partial charge in [-0.3, -0.25) is 4.90 Å². The van der Waals surface area contributed by atoms with E-state index < -0.39 is 11.6 Å². The van der Waals surface area contributed by atoms with Crippen molar-refractivity contribution in [3.63, 3.8) is 0 Å². The van der Waals surface area contributed by atoms with Gasteiger partial charge in [0.15, 0.2) is 5.82 Å². The maximum atomic E-state index is 16.6. The number of hydrogen-bond donors (Lipinski definition) is 1. The number of thiophene rings is 1. The molecule has 0 amide bonds. The third-order valence-corrected chi connectivity index (χ3v) is 8.84. The average molecular weight is 537 g/mol. The molecule has 0 saturated carbocycles. The van der Waals surface area contributed by atoms with Gasteiger partial charge in [0.2, 0.25) is 5.95 Å². The number of nitrogens with zero attached hydrogens (tertiary/aromatic N) is 5. The maximum Gasteiger partial charge on any atom is 0.226 e. The highest BCUT2D eigenvalue weighted by atomic mass is 32.1. The molecule has 1 atom stereocenters. The van der Waals surface area contributed by atoms with Gasteiger partial charge >= 0.3 is 0 Å². The number of nitrogens with two attached hydrogens (primary N) is 1. The number of fused-ring (bicyclic) bond motifs is 4. The maximum absolute atomic E-state index is 16.6. The van der Waals surface area contributed by atoms with Gasteiger partial charge in [-0.15, -0.1) is 11.3 Å². The van der Waals surface area contributed by atoms with Crippen LogP contribution in [-0.2, 0) is 22.7 Å². The van der Waals surface area contributed by atoms with E-state index in [0.29, 0.717) is 46.7 Å². The molecule has 6 rings (SSSR count). The third kappa shape index (κ3) is 3.55. The normalized spacial score (nSPS) is 19.1. The lowest BCUT2D eigenvalue weighted by molar-refractivity contribution is 0.0552. The fraction of sp³-hybridized carbons (Fsp3) is 0.370. The lowest BCUT2D eigenvalue weighted by atomic mass is 9.90. The van der Waals surface area contributed by atoms with Crippen LogP contribution in [0, 0.1) is 23.0 Å². The van der Waals surface area contributed by atoms with E-state index >= 15 is 8.78 Å². The molecule has 1 unspecified atom stereocenters. The van der Waals surface area contributed by atoms with Gasteiger partial charge in [0.1, 0.15) is 22.4 Å². The van der Waals surface area contributed by atoms with Gasteiger partial charge < -0.3 is 20.1 Å².